The van der Waals surface area contributed by atoms with Crippen LogP contribution in [0.5, 0.6) is 0 Å². The first-order valence-electron chi connectivity index (χ1n) is 9.98. The van der Waals surface area contributed by atoms with Gasteiger partial charge in [0.25, 0.3) is 0 Å². The molecular formula is C21H34N2O4. The Labute approximate surface area is 162 Å². The van der Waals surface area contributed by atoms with E-state index in [2.05, 4.69) is 0 Å². The van der Waals surface area contributed by atoms with Crippen LogP contribution in [0.2, 0.25) is 0 Å². The summed E-state index contributed by atoms with van der Waals surface area (Å²) in [5, 5.41) is 0. The van der Waals surface area contributed by atoms with Gasteiger partial charge in [0.05, 0.1) is 25.5 Å². The molecule has 0 N–H and O–H groups in total. The van der Waals surface area contributed by atoms with E-state index in [1.807, 2.05) is 39.8 Å². The molecule has 0 spiro atoms. The Morgan fingerprint density at radius 2 is 2.00 bits per heavy atom. The summed E-state index contributed by atoms with van der Waals surface area (Å²) in [7, 11) is 0. The highest BCUT2D eigenvalue weighted by Gasteiger charge is 2.27. The predicted octanol–water partition coefficient (Wildman–Crippen LogP) is 3.46. The lowest BCUT2D eigenvalue weighted by atomic mass is 9.91. The molecular weight excluding hydrogens is 344 g/mol. The molecule has 1 saturated heterocycles. The van der Waals surface area contributed by atoms with Crippen LogP contribution in [0.3, 0.4) is 0 Å². The summed E-state index contributed by atoms with van der Waals surface area (Å²) in [5.74, 6) is 0.717. The number of furan rings is 1. The van der Waals surface area contributed by atoms with E-state index in [1.165, 1.54) is 0 Å². The molecule has 2 heterocycles. The van der Waals surface area contributed by atoms with Crippen LogP contribution in [0.15, 0.2) is 22.8 Å². The first-order valence-corrected chi connectivity index (χ1v) is 9.98. The third-order valence-corrected chi connectivity index (χ3v) is 4.58. The van der Waals surface area contributed by atoms with Crippen LogP contribution in [0.25, 0.3) is 0 Å². The molecule has 0 bridgehead atoms. The molecule has 1 fully saturated rings. The van der Waals surface area contributed by atoms with Crippen LogP contribution in [0.1, 0.15) is 59.1 Å². The predicted molar refractivity (Wildman–Crippen MR) is 104 cm³/mol. The Bertz CT molecular complexity index is 586. The van der Waals surface area contributed by atoms with Crippen molar-refractivity contribution in [2.24, 2.45) is 5.41 Å². The number of amides is 2. The van der Waals surface area contributed by atoms with Crippen LogP contribution >= 0.6 is 0 Å². The maximum Gasteiger partial charge on any atom is 0.242 e. The fourth-order valence-electron chi connectivity index (χ4n) is 3.27. The van der Waals surface area contributed by atoms with Gasteiger partial charge in [-0.05, 0) is 36.8 Å². The minimum absolute atomic E-state index is 0.0350. The van der Waals surface area contributed by atoms with Crippen LogP contribution in [0, 0.1) is 5.41 Å². The minimum atomic E-state index is -0.0995. The normalized spacial score (nSPS) is 17.1. The van der Waals surface area contributed by atoms with Crippen LogP contribution in [-0.2, 0) is 20.9 Å². The van der Waals surface area contributed by atoms with Crippen LogP contribution < -0.4 is 0 Å². The molecule has 152 valence electrons. The van der Waals surface area contributed by atoms with Crippen molar-refractivity contribution in [3.05, 3.63) is 24.2 Å². The van der Waals surface area contributed by atoms with E-state index in [0.29, 0.717) is 26.1 Å². The summed E-state index contributed by atoms with van der Waals surface area (Å²) in [6.07, 6.45) is 4.93. The largest absolute Gasteiger partial charge is 0.467 e. The number of hydrogen-bond donors (Lipinski definition) is 0. The number of hydrogen-bond acceptors (Lipinski definition) is 4. The van der Waals surface area contributed by atoms with Gasteiger partial charge < -0.3 is 19.0 Å². The number of carbonyl (C=O) groups excluding carboxylic acids is 2. The van der Waals surface area contributed by atoms with Gasteiger partial charge >= 0.3 is 0 Å². The van der Waals surface area contributed by atoms with Crippen molar-refractivity contribution in [2.45, 2.75) is 66.0 Å². The Balaban J connectivity index is 2.04. The molecule has 1 aliphatic heterocycles. The molecule has 1 aromatic rings. The summed E-state index contributed by atoms with van der Waals surface area (Å²) in [6.45, 7) is 10.5. The summed E-state index contributed by atoms with van der Waals surface area (Å²) >= 11 is 0. The van der Waals surface area contributed by atoms with Crippen LogP contribution in [-0.4, -0.2) is 54.0 Å². The number of rotatable bonds is 9. The SMILES string of the molecule is CCCN(CC(=O)N(Cc1ccco1)C[C@H]1CCCO1)C(=O)CC(C)(C)C. The zero-order chi connectivity index (χ0) is 19.9. The standard InChI is InChI=1S/C21H34N2O4/c1-5-10-22(19(24)13-21(2,3)4)16-20(25)23(14-17-8-6-11-26-17)15-18-9-7-12-27-18/h6,8,11,18H,5,7,9-10,12-16H2,1-4H3/t18-/m1/s1. The van der Waals surface area contributed by atoms with E-state index >= 15 is 0 Å². The van der Waals surface area contributed by atoms with Crippen molar-refractivity contribution >= 4 is 11.8 Å². The molecule has 0 unspecified atom stereocenters. The molecule has 2 rings (SSSR count). The van der Waals surface area contributed by atoms with Crippen molar-refractivity contribution in [1.82, 2.24) is 9.80 Å². The monoisotopic (exact) mass is 378 g/mol. The van der Waals surface area contributed by atoms with Gasteiger partial charge in [-0.25, -0.2) is 0 Å². The Kier molecular flexibility index (Phi) is 7.90. The fraction of sp³-hybridized carbons (Fsp3) is 0.714. The average molecular weight is 379 g/mol. The Morgan fingerprint density at radius 1 is 1.22 bits per heavy atom. The molecule has 1 aromatic heterocycles. The molecule has 6 heteroatoms. The summed E-state index contributed by atoms with van der Waals surface area (Å²) in [5.41, 5.74) is -0.0995. The van der Waals surface area contributed by atoms with Crippen LogP contribution in [0.4, 0.5) is 0 Å². The van der Waals surface area contributed by atoms with Crippen molar-refractivity contribution in [3.63, 3.8) is 0 Å². The Morgan fingerprint density at radius 3 is 2.56 bits per heavy atom. The Hall–Kier alpha value is -1.82. The van der Waals surface area contributed by atoms with Gasteiger partial charge in [0, 0.05) is 26.1 Å². The third kappa shape index (κ3) is 7.37. The van der Waals surface area contributed by atoms with Crippen molar-refractivity contribution < 1.29 is 18.7 Å². The summed E-state index contributed by atoms with van der Waals surface area (Å²) < 4.78 is 11.1. The zero-order valence-corrected chi connectivity index (χ0v) is 17.2. The second-order valence-electron chi connectivity index (χ2n) is 8.54. The first kappa shape index (κ1) is 21.5. The first-order chi connectivity index (χ1) is 12.8. The second-order valence-corrected chi connectivity index (χ2v) is 8.54. The third-order valence-electron chi connectivity index (χ3n) is 4.58. The van der Waals surface area contributed by atoms with Gasteiger partial charge in [0.1, 0.15) is 5.76 Å². The molecule has 0 aliphatic carbocycles. The van der Waals surface area contributed by atoms with E-state index in [1.54, 1.807) is 16.1 Å². The van der Waals surface area contributed by atoms with E-state index in [0.717, 1.165) is 31.6 Å². The number of carbonyl (C=O) groups is 2. The summed E-state index contributed by atoms with van der Waals surface area (Å²) in [4.78, 5) is 29.2. The fourth-order valence-corrected chi connectivity index (χ4v) is 3.27. The molecule has 6 nitrogen and oxygen atoms in total. The molecule has 0 radical (unpaired) electrons. The van der Waals surface area contributed by atoms with Gasteiger partial charge in [0.2, 0.25) is 11.8 Å². The lowest BCUT2D eigenvalue weighted by Crippen LogP contribution is -2.45. The molecule has 0 saturated carbocycles. The average Bonchev–Trinajstić information content (AvgIpc) is 3.26. The zero-order valence-electron chi connectivity index (χ0n) is 17.2. The van der Waals surface area contributed by atoms with Crippen molar-refractivity contribution in [2.75, 3.05) is 26.2 Å². The molecule has 2 amide bonds. The van der Waals surface area contributed by atoms with Crippen molar-refractivity contribution in [3.8, 4) is 0 Å². The van der Waals surface area contributed by atoms with E-state index in [-0.39, 0.29) is 29.9 Å². The summed E-state index contributed by atoms with van der Waals surface area (Å²) in [6, 6.07) is 3.69. The smallest absolute Gasteiger partial charge is 0.242 e. The topological polar surface area (TPSA) is 63.0 Å². The van der Waals surface area contributed by atoms with E-state index in [9.17, 15) is 9.59 Å². The second kappa shape index (κ2) is 9.93. The molecule has 1 aliphatic rings. The maximum absolute atomic E-state index is 13.0. The highest BCUT2D eigenvalue weighted by Crippen LogP contribution is 2.20. The van der Waals surface area contributed by atoms with E-state index < -0.39 is 0 Å². The maximum atomic E-state index is 13.0. The molecule has 27 heavy (non-hydrogen) atoms. The number of nitrogens with zero attached hydrogens (tertiary/aromatic N) is 2. The molecule has 0 aromatic carbocycles. The highest BCUT2D eigenvalue weighted by atomic mass is 16.5. The highest BCUT2D eigenvalue weighted by molar-refractivity contribution is 5.85. The number of ether oxygens (including phenoxy) is 1. The van der Waals surface area contributed by atoms with E-state index in [4.69, 9.17) is 9.15 Å². The van der Waals surface area contributed by atoms with Gasteiger partial charge in [-0.2, -0.15) is 0 Å². The minimum Gasteiger partial charge on any atom is -0.467 e. The van der Waals surface area contributed by atoms with Gasteiger partial charge in [-0.3, -0.25) is 9.59 Å². The lowest BCUT2D eigenvalue weighted by Gasteiger charge is -2.30. The van der Waals surface area contributed by atoms with Crippen molar-refractivity contribution in [1.29, 1.82) is 0 Å². The van der Waals surface area contributed by atoms with Gasteiger partial charge in [0.15, 0.2) is 0 Å². The quantitative estimate of drug-likeness (QED) is 0.660. The molecule has 1 atom stereocenters. The lowest BCUT2D eigenvalue weighted by molar-refractivity contribution is -0.143. The van der Waals surface area contributed by atoms with Gasteiger partial charge in [-0.1, -0.05) is 27.7 Å². The van der Waals surface area contributed by atoms with Gasteiger partial charge in [-0.15, -0.1) is 0 Å².